The molecule has 26 heavy (non-hydrogen) atoms. The van der Waals surface area contributed by atoms with Crippen molar-refractivity contribution < 1.29 is 23.5 Å². The number of hydrogen-bond acceptors (Lipinski definition) is 5. The van der Waals surface area contributed by atoms with Crippen molar-refractivity contribution in [2.24, 2.45) is 5.73 Å². The molecule has 7 heteroatoms. The molecule has 1 aliphatic rings. The zero-order chi connectivity index (χ0) is 18.3. The van der Waals surface area contributed by atoms with Crippen molar-refractivity contribution >= 4 is 28.5 Å². The number of primary amides is 1. The zero-order valence-corrected chi connectivity index (χ0v) is 14.0. The highest BCUT2D eigenvalue weighted by atomic mass is 16.7. The van der Waals surface area contributed by atoms with Crippen LogP contribution in [0.4, 0.5) is 5.69 Å². The topological polar surface area (TPSA) is 104 Å². The van der Waals surface area contributed by atoms with E-state index < -0.39 is 11.8 Å². The summed E-state index contributed by atoms with van der Waals surface area (Å²) in [4.78, 5) is 24.4. The molecular weight excluding hydrogens is 336 g/mol. The molecule has 0 radical (unpaired) electrons. The maximum Gasteiger partial charge on any atom is 0.286 e. The summed E-state index contributed by atoms with van der Waals surface area (Å²) in [5.74, 6) is -0.159. The number of nitrogens with two attached hydrogens (primary N) is 1. The summed E-state index contributed by atoms with van der Waals surface area (Å²) in [5.41, 5.74) is 7.59. The predicted molar refractivity (Wildman–Crippen MR) is 94.6 cm³/mol. The summed E-state index contributed by atoms with van der Waals surface area (Å²) in [6.07, 6.45) is 0.821. The molecule has 0 fully saturated rings. The lowest BCUT2D eigenvalue weighted by atomic mass is 10.1. The number of benzene rings is 2. The smallest absolute Gasteiger partial charge is 0.286 e. The molecule has 0 unspecified atom stereocenters. The lowest BCUT2D eigenvalue weighted by Crippen LogP contribution is -2.17. The molecule has 0 atom stereocenters. The van der Waals surface area contributed by atoms with Gasteiger partial charge in [0.15, 0.2) is 11.5 Å². The Balaban J connectivity index is 1.72. The largest absolute Gasteiger partial charge is 0.454 e. The van der Waals surface area contributed by atoms with E-state index in [9.17, 15) is 9.59 Å². The Morgan fingerprint density at radius 3 is 2.69 bits per heavy atom. The van der Waals surface area contributed by atoms with Crippen LogP contribution in [0, 0.1) is 0 Å². The summed E-state index contributed by atoms with van der Waals surface area (Å²) >= 11 is 0. The lowest BCUT2D eigenvalue weighted by Gasteiger charge is -2.06. The Bertz CT molecular complexity index is 1040. The molecule has 2 aromatic carbocycles. The number of furan rings is 1. The number of nitrogens with one attached hydrogen (secondary N) is 1. The van der Waals surface area contributed by atoms with Crippen LogP contribution in [0.5, 0.6) is 11.5 Å². The molecular formula is C19H16N2O5. The highest BCUT2D eigenvalue weighted by molar-refractivity contribution is 6.14. The number of fused-ring (bicyclic) bond motifs is 2. The normalized spacial score (nSPS) is 12.3. The lowest BCUT2D eigenvalue weighted by molar-refractivity contribution is 0.0977. The van der Waals surface area contributed by atoms with Gasteiger partial charge in [0.05, 0.1) is 0 Å². The van der Waals surface area contributed by atoms with Gasteiger partial charge < -0.3 is 24.9 Å². The molecule has 0 bridgehead atoms. The molecule has 1 aliphatic heterocycles. The first-order chi connectivity index (χ1) is 12.6. The Hall–Kier alpha value is -3.48. The average molecular weight is 352 g/mol. The van der Waals surface area contributed by atoms with E-state index in [1.54, 1.807) is 24.3 Å². The van der Waals surface area contributed by atoms with Crippen molar-refractivity contribution in [3.8, 4) is 11.5 Å². The second kappa shape index (κ2) is 6.11. The number of carbonyl (C=O) groups excluding carboxylic acids is 2. The van der Waals surface area contributed by atoms with Crippen LogP contribution in [-0.4, -0.2) is 18.6 Å². The molecule has 1 aromatic heterocycles. The van der Waals surface area contributed by atoms with Gasteiger partial charge in [-0.2, -0.15) is 0 Å². The van der Waals surface area contributed by atoms with Crippen molar-refractivity contribution in [2.45, 2.75) is 13.3 Å². The third-order valence-electron chi connectivity index (χ3n) is 4.26. The van der Waals surface area contributed by atoms with E-state index in [1.165, 1.54) is 0 Å². The van der Waals surface area contributed by atoms with Gasteiger partial charge in [-0.15, -0.1) is 0 Å². The number of aryl methyl sites for hydroxylation is 1. The summed E-state index contributed by atoms with van der Waals surface area (Å²) in [6, 6.07) is 10.4. The number of rotatable bonds is 4. The first kappa shape index (κ1) is 16.0. The van der Waals surface area contributed by atoms with E-state index in [0.717, 1.165) is 12.0 Å². The Morgan fingerprint density at radius 2 is 1.92 bits per heavy atom. The first-order valence-electron chi connectivity index (χ1n) is 8.13. The standard InChI is InChI=1S/C19H16N2O5/c1-2-10-3-5-12-14(7-10)26-17(18(20)22)16(12)21-19(23)11-4-6-13-15(8-11)25-9-24-13/h3-8H,2,9H2,1H3,(H2,20,22)(H,21,23). The minimum atomic E-state index is -0.750. The van der Waals surface area contributed by atoms with E-state index >= 15 is 0 Å². The minimum absolute atomic E-state index is 0.0812. The van der Waals surface area contributed by atoms with E-state index in [2.05, 4.69) is 5.32 Å². The van der Waals surface area contributed by atoms with Crippen LogP contribution in [0.25, 0.3) is 11.0 Å². The van der Waals surface area contributed by atoms with E-state index in [4.69, 9.17) is 19.6 Å². The van der Waals surface area contributed by atoms with Gasteiger partial charge >= 0.3 is 0 Å². The van der Waals surface area contributed by atoms with Crippen molar-refractivity contribution in [3.63, 3.8) is 0 Å². The molecule has 7 nitrogen and oxygen atoms in total. The van der Waals surface area contributed by atoms with Gasteiger partial charge in [0.25, 0.3) is 11.8 Å². The van der Waals surface area contributed by atoms with Crippen LogP contribution in [-0.2, 0) is 6.42 Å². The summed E-state index contributed by atoms with van der Waals surface area (Å²) in [5, 5.41) is 3.35. The van der Waals surface area contributed by atoms with Gasteiger partial charge in [-0.3, -0.25) is 9.59 Å². The van der Waals surface area contributed by atoms with Crippen molar-refractivity contribution in [3.05, 3.63) is 53.3 Å². The molecule has 0 spiro atoms. The molecule has 2 amide bonds. The highest BCUT2D eigenvalue weighted by Gasteiger charge is 2.22. The van der Waals surface area contributed by atoms with E-state index in [0.29, 0.717) is 28.0 Å². The monoisotopic (exact) mass is 352 g/mol. The summed E-state index contributed by atoms with van der Waals surface area (Å²) in [6.45, 7) is 2.14. The second-order valence-corrected chi connectivity index (χ2v) is 5.88. The Labute approximate surface area is 148 Å². The Kier molecular flexibility index (Phi) is 3.76. The van der Waals surface area contributed by atoms with Gasteiger partial charge in [0, 0.05) is 10.9 Å². The van der Waals surface area contributed by atoms with Crippen molar-refractivity contribution in [2.75, 3.05) is 12.1 Å². The molecule has 4 rings (SSSR count). The van der Waals surface area contributed by atoms with Gasteiger partial charge in [-0.1, -0.05) is 13.0 Å². The van der Waals surface area contributed by atoms with Crippen LogP contribution >= 0.6 is 0 Å². The molecule has 2 heterocycles. The van der Waals surface area contributed by atoms with Crippen LogP contribution in [0.1, 0.15) is 33.4 Å². The molecule has 0 saturated carbocycles. The van der Waals surface area contributed by atoms with E-state index in [1.807, 2.05) is 19.1 Å². The number of hydrogen-bond donors (Lipinski definition) is 2. The number of ether oxygens (including phenoxy) is 2. The summed E-state index contributed by atoms with van der Waals surface area (Å²) in [7, 11) is 0. The third kappa shape index (κ3) is 2.63. The Morgan fingerprint density at radius 1 is 1.12 bits per heavy atom. The van der Waals surface area contributed by atoms with Gasteiger partial charge in [-0.05, 0) is 42.3 Å². The molecule has 132 valence electrons. The first-order valence-corrected chi connectivity index (χ1v) is 8.13. The number of anilines is 1. The van der Waals surface area contributed by atoms with Crippen LogP contribution in [0.2, 0.25) is 0 Å². The summed E-state index contributed by atoms with van der Waals surface area (Å²) < 4.78 is 16.1. The van der Waals surface area contributed by atoms with Crippen LogP contribution < -0.4 is 20.5 Å². The fourth-order valence-electron chi connectivity index (χ4n) is 2.88. The van der Waals surface area contributed by atoms with Gasteiger partial charge in [-0.25, -0.2) is 0 Å². The molecule has 3 N–H and O–H groups in total. The fraction of sp³-hybridized carbons (Fsp3) is 0.158. The number of amides is 2. The van der Waals surface area contributed by atoms with Gasteiger partial charge in [0.1, 0.15) is 11.3 Å². The van der Waals surface area contributed by atoms with Crippen LogP contribution in [0.15, 0.2) is 40.8 Å². The van der Waals surface area contributed by atoms with Gasteiger partial charge in [0.2, 0.25) is 12.6 Å². The maximum atomic E-state index is 12.7. The average Bonchev–Trinajstić information content (AvgIpc) is 3.25. The third-order valence-corrected chi connectivity index (χ3v) is 4.26. The van der Waals surface area contributed by atoms with Crippen molar-refractivity contribution in [1.29, 1.82) is 0 Å². The highest BCUT2D eigenvalue weighted by Crippen LogP contribution is 2.34. The molecule has 0 saturated heterocycles. The molecule has 3 aromatic rings. The van der Waals surface area contributed by atoms with Crippen LogP contribution in [0.3, 0.4) is 0 Å². The second-order valence-electron chi connectivity index (χ2n) is 5.88. The quantitative estimate of drug-likeness (QED) is 0.751. The maximum absolute atomic E-state index is 12.7. The predicted octanol–water partition coefficient (Wildman–Crippen LogP) is 3.08. The fourth-order valence-corrected chi connectivity index (χ4v) is 2.88. The number of carbonyl (C=O) groups is 2. The van der Waals surface area contributed by atoms with Crippen molar-refractivity contribution in [1.82, 2.24) is 0 Å². The SMILES string of the molecule is CCc1ccc2c(NC(=O)c3ccc4c(c3)OCO4)c(C(N)=O)oc2c1. The van der Waals surface area contributed by atoms with E-state index in [-0.39, 0.29) is 18.2 Å². The zero-order valence-electron chi connectivity index (χ0n) is 14.0. The molecule has 0 aliphatic carbocycles. The minimum Gasteiger partial charge on any atom is -0.454 e.